The average molecular weight is 521 g/mol. The van der Waals surface area contributed by atoms with Gasteiger partial charge in [0, 0.05) is 24.0 Å². The molecular formula is C21H24N6O6S2. The lowest BCUT2D eigenvalue weighted by Gasteiger charge is -2.11. The average Bonchev–Trinajstić information content (AvgIpc) is 3.36. The van der Waals surface area contributed by atoms with Crippen LogP contribution in [0, 0.1) is 0 Å². The first-order valence-corrected chi connectivity index (χ1v) is 12.0. The Balaban J connectivity index is 1.57. The van der Waals surface area contributed by atoms with Gasteiger partial charge < -0.3 is 21.2 Å². The summed E-state index contributed by atoms with van der Waals surface area (Å²) in [5.74, 6) is -0.112. The highest BCUT2D eigenvalue weighted by molar-refractivity contribution is 7.94. The maximum Gasteiger partial charge on any atom is 0.280 e. The number of carbonyl (C=O) groups excluding carboxylic acids is 1. The Morgan fingerprint density at radius 1 is 1.23 bits per heavy atom. The van der Waals surface area contributed by atoms with Crippen LogP contribution in [0.25, 0.3) is 0 Å². The summed E-state index contributed by atoms with van der Waals surface area (Å²) in [5, 5.41) is 0. The van der Waals surface area contributed by atoms with Crippen LogP contribution in [0.1, 0.15) is 22.5 Å². The van der Waals surface area contributed by atoms with E-state index in [-0.39, 0.29) is 11.5 Å². The number of nitrogens with one attached hydrogen (secondary N) is 2. The van der Waals surface area contributed by atoms with Crippen LogP contribution >= 0.6 is 12.0 Å². The fraction of sp³-hybridized carbons (Fsp3) is 0.190. The van der Waals surface area contributed by atoms with E-state index in [0.717, 1.165) is 30.6 Å². The third kappa shape index (κ3) is 8.47. The third-order valence-corrected chi connectivity index (χ3v) is 5.90. The second kappa shape index (κ2) is 13.6. The molecule has 6 N–H and O–H groups in total. The number of aliphatic imine (C=N–C) groups is 1. The van der Waals surface area contributed by atoms with E-state index in [1.807, 2.05) is 0 Å². The van der Waals surface area contributed by atoms with E-state index < -0.39 is 17.0 Å². The lowest BCUT2D eigenvalue weighted by Crippen LogP contribution is -2.24. The van der Waals surface area contributed by atoms with Crippen LogP contribution in [0.5, 0.6) is 11.5 Å². The minimum Gasteiger partial charge on any atom is -0.456 e. The van der Waals surface area contributed by atoms with Crippen molar-refractivity contribution >= 4 is 35.0 Å². The Labute approximate surface area is 208 Å². The maximum atomic E-state index is 12.3. The summed E-state index contributed by atoms with van der Waals surface area (Å²) in [6, 6.07) is 11.1. The number of aromatic amines is 1. The molecule has 0 aliphatic heterocycles. The molecule has 0 saturated carbocycles. The highest BCUT2D eigenvalue weighted by atomic mass is 32.2. The van der Waals surface area contributed by atoms with Crippen molar-refractivity contribution in [2.24, 2.45) is 16.5 Å². The molecule has 0 saturated heterocycles. The molecule has 1 amide bonds. The van der Waals surface area contributed by atoms with E-state index >= 15 is 0 Å². The maximum absolute atomic E-state index is 12.3. The SMILES string of the molecule is COOSc1cc(C(=O)N=C(N)N)ccc1Oc1ccc(S(=O)ONCCCc2cnc[nH]2)cc1. The number of nitrogens with two attached hydrogens (primary N) is 2. The van der Waals surface area contributed by atoms with Crippen molar-refractivity contribution < 1.29 is 27.2 Å². The summed E-state index contributed by atoms with van der Waals surface area (Å²) >= 11 is -0.854. The van der Waals surface area contributed by atoms with E-state index in [4.69, 9.17) is 24.8 Å². The first-order chi connectivity index (χ1) is 17.0. The van der Waals surface area contributed by atoms with Gasteiger partial charge in [0.25, 0.3) is 5.91 Å². The number of guanidine groups is 1. The van der Waals surface area contributed by atoms with Crippen molar-refractivity contribution in [2.75, 3.05) is 13.7 Å². The fourth-order valence-electron chi connectivity index (χ4n) is 2.70. The number of carbonyl (C=O) groups is 1. The third-order valence-electron chi connectivity index (χ3n) is 4.27. The standard InChI is InChI=1S/C21H24N6O6S2/c1-30-33-34-19-11-14(20(28)27-21(22)23)4-9-18(19)31-16-5-7-17(8-6-16)35(29)32-26-10-2-3-15-12-24-13-25-15/h4-9,11-13,26H,2-3,10H2,1H3,(H,24,25)(H4,22,23,27,28). The van der Waals surface area contributed by atoms with Crippen LogP contribution in [0.15, 0.2) is 69.8 Å². The van der Waals surface area contributed by atoms with Gasteiger partial charge in [-0.15, -0.1) is 0 Å². The molecule has 12 nitrogen and oxygen atoms in total. The number of hydrogen-bond acceptors (Lipinski definition) is 9. The highest BCUT2D eigenvalue weighted by Crippen LogP contribution is 2.34. The van der Waals surface area contributed by atoms with Crippen molar-refractivity contribution in [3.63, 3.8) is 0 Å². The zero-order valence-electron chi connectivity index (χ0n) is 18.6. The van der Waals surface area contributed by atoms with Gasteiger partial charge in [-0.05, 0) is 55.3 Å². The van der Waals surface area contributed by atoms with E-state index in [1.54, 1.807) is 42.9 Å². The molecule has 0 fully saturated rings. The molecular weight excluding hydrogens is 496 g/mol. The first-order valence-electron chi connectivity index (χ1n) is 10.2. The van der Waals surface area contributed by atoms with Crippen molar-refractivity contribution in [2.45, 2.75) is 22.6 Å². The van der Waals surface area contributed by atoms with E-state index in [2.05, 4.69) is 25.3 Å². The topological polar surface area (TPSA) is 176 Å². The van der Waals surface area contributed by atoms with Crippen LogP contribution in [0.4, 0.5) is 0 Å². The summed E-state index contributed by atoms with van der Waals surface area (Å²) in [7, 11) is 1.34. The Morgan fingerprint density at radius 3 is 2.71 bits per heavy atom. The number of aryl methyl sites for hydroxylation is 1. The van der Waals surface area contributed by atoms with Gasteiger partial charge in [-0.25, -0.2) is 14.1 Å². The van der Waals surface area contributed by atoms with Crippen LogP contribution in [-0.2, 0) is 31.0 Å². The normalized spacial score (nSPS) is 11.7. The van der Waals surface area contributed by atoms with Crippen molar-refractivity contribution in [1.82, 2.24) is 15.4 Å². The zero-order valence-corrected chi connectivity index (χ0v) is 20.3. The summed E-state index contributed by atoms with van der Waals surface area (Å²) in [5.41, 5.74) is 14.5. The molecule has 0 aliphatic rings. The smallest absolute Gasteiger partial charge is 0.280 e. The van der Waals surface area contributed by atoms with E-state index in [1.165, 1.54) is 19.2 Å². The van der Waals surface area contributed by atoms with Gasteiger partial charge >= 0.3 is 0 Å². The number of H-pyrrole nitrogens is 1. The van der Waals surface area contributed by atoms with Gasteiger partial charge in [0.05, 0.1) is 35.3 Å². The molecule has 1 heterocycles. The first kappa shape index (κ1) is 26.3. The number of rotatable bonds is 13. The van der Waals surface area contributed by atoms with Crippen molar-refractivity contribution in [3.05, 3.63) is 66.2 Å². The van der Waals surface area contributed by atoms with Gasteiger partial charge in [0.2, 0.25) is 11.1 Å². The molecule has 3 aromatic rings. The largest absolute Gasteiger partial charge is 0.456 e. The summed E-state index contributed by atoms with van der Waals surface area (Å²) < 4.78 is 28.3. The lowest BCUT2D eigenvalue weighted by atomic mass is 10.2. The molecule has 0 spiro atoms. The van der Waals surface area contributed by atoms with Gasteiger partial charge in [-0.3, -0.25) is 4.79 Å². The van der Waals surface area contributed by atoms with Crippen molar-refractivity contribution in [3.8, 4) is 11.5 Å². The van der Waals surface area contributed by atoms with Crippen molar-refractivity contribution in [1.29, 1.82) is 0 Å². The Morgan fingerprint density at radius 2 is 2.03 bits per heavy atom. The molecule has 1 aromatic heterocycles. The molecule has 0 bridgehead atoms. The molecule has 0 radical (unpaired) electrons. The Bertz CT molecular complexity index is 1150. The molecule has 35 heavy (non-hydrogen) atoms. The van der Waals surface area contributed by atoms with Gasteiger partial charge in [0.15, 0.2) is 5.96 Å². The number of amides is 1. The summed E-state index contributed by atoms with van der Waals surface area (Å²) in [6.07, 6.45) is 4.97. The number of aromatic nitrogens is 2. The monoisotopic (exact) mass is 520 g/mol. The summed E-state index contributed by atoms with van der Waals surface area (Å²) in [6.45, 7) is 0.525. The molecule has 1 unspecified atom stereocenters. The molecule has 2 aromatic carbocycles. The molecule has 3 rings (SSSR count). The number of imidazole rings is 1. The van der Waals surface area contributed by atoms with Gasteiger partial charge in [-0.2, -0.15) is 19.1 Å². The van der Waals surface area contributed by atoms with E-state index in [0.29, 0.717) is 27.8 Å². The number of hydroxylamine groups is 1. The van der Waals surface area contributed by atoms with Crippen LogP contribution in [0.2, 0.25) is 0 Å². The quantitative estimate of drug-likeness (QED) is 0.0650. The molecule has 186 valence electrons. The van der Waals surface area contributed by atoms with Crippen LogP contribution in [0.3, 0.4) is 0 Å². The zero-order chi connectivity index (χ0) is 25.0. The molecule has 14 heteroatoms. The fourth-order valence-corrected chi connectivity index (χ4v) is 3.86. The summed E-state index contributed by atoms with van der Waals surface area (Å²) in [4.78, 5) is 28.1. The Hall–Kier alpha value is -3.27. The predicted octanol–water partition coefficient (Wildman–Crippen LogP) is 2.38. The highest BCUT2D eigenvalue weighted by Gasteiger charge is 2.14. The van der Waals surface area contributed by atoms with Crippen LogP contribution in [-0.4, -0.2) is 39.7 Å². The number of nitrogens with zero attached hydrogens (tertiary/aromatic N) is 2. The van der Waals surface area contributed by atoms with Gasteiger partial charge in [-0.1, -0.05) is 0 Å². The number of ether oxygens (including phenoxy) is 1. The van der Waals surface area contributed by atoms with Gasteiger partial charge in [0.1, 0.15) is 11.5 Å². The Kier molecular flexibility index (Phi) is 10.2. The predicted molar refractivity (Wildman–Crippen MR) is 129 cm³/mol. The number of benzene rings is 2. The molecule has 0 aliphatic carbocycles. The minimum absolute atomic E-state index is 0.230. The lowest BCUT2D eigenvalue weighted by molar-refractivity contribution is -0.160. The number of hydrogen-bond donors (Lipinski definition) is 4. The van der Waals surface area contributed by atoms with Crippen LogP contribution < -0.4 is 21.7 Å². The minimum atomic E-state index is -1.70. The molecule has 1 atom stereocenters. The second-order valence-corrected chi connectivity index (χ2v) is 8.64. The second-order valence-electron chi connectivity index (χ2n) is 6.79. The van der Waals surface area contributed by atoms with E-state index in [9.17, 15) is 9.00 Å².